The van der Waals surface area contributed by atoms with Gasteiger partial charge in [-0.15, -0.1) is 0 Å². The van der Waals surface area contributed by atoms with Crippen molar-refractivity contribution in [2.75, 3.05) is 5.73 Å². The zero-order chi connectivity index (χ0) is 13.9. The van der Waals surface area contributed by atoms with Gasteiger partial charge in [0.25, 0.3) is 0 Å². The summed E-state index contributed by atoms with van der Waals surface area (Å²) in [6.07, 6.45) is 7.14. The van der Waals surface area contributed by atoms with Gasteiger partial charge in [-0.25, -0.2) is 9.97 Å². The van der Waals surface area contributed by atoms with E-state index in [-0.39, 0.29) is 5.95 Å². The molecular formula is C14H14N6. The fraction of sp³-hybridized carbons (Fsp3) is 0.143. The van der Waals surface area contributed by atoms with Gasteiger partial charge in [-0.3, -0.25) is 9.67 Å². The van der Waals surface area contributed by atoms with Crippen molar-refractivity contribution < 1.29 is 0 Å². The van der Waals surface area contributed by atoms with E-state index in [0.717, 1.165) is 29.1 Å². The number of aryl methyl sites for hydroxylation is 1. The van der Waals surface area contributed by atoms with Crippen LogP contribution in [0.25, 0.3) is 22.5 Å². The van der Waals surface area contributed by atoms with E-state index in [9.17, 15) is 0 Å². The van der Waals surface area contributed by atoms with Crippen molar-refractivity contribution in [2.24, 2.45) is 0 Å². The maximum absolute atomic E-state index is 5.66. The summed E-state index contributed by atoms with van der Waals surface area (Å²) in [5.74, 6) is 0.254. The summed E-state index contributed by atoms with van der Waals surface area (Å²) in [4.78, 5) is 12.3. The topological polar surface area (TPSA) is 82.5 Å². The molecule has 3 heterocycles. The van der Waals surface area contributed by atoms with E-state index in [1.54, 1.807) is 18.6 Å². The largest absolute Gasteiger partial charge is 0.368 e. The Kier molecular flexibility index (Phi) is 3.12. The number of pyridine rings is 1. The predicted molar refractivity (Wildman–Crippen MR) is 76.6 cm³/mol. The molecule has 0 radical (unpaired) electrons. The molecule has 6 heteroatoms. The van der Waals surface area contributed by atoms with E-state index >= 15 is 0 Å². The molecule has 20 heavy (non-hydrogen) atoms. The molecule has 3 aromatic heterocycles. The maximum Gasteiger partial charge on any atom is 0.220 e. The van der Waals surface area contributed by atoms with Crippen molar-refractivity contribution in [3.8, 4) is 22.5 Å². The van der Waals surface area contributed by atoms with Gasteiger partial charge in [0.1, 0.15) is 5.69 Å². The summed E-state index contributed by atoms with van der Waals surface area (Å²) in [6, 6.07) is 5.69. The highest BCUT2D eigenvalue weighted by atomic mass is 15.3. The zero-order valence-corrected chi connectivity index (χ0v) is 11.1. The van der Waals surface area contributed by atoms with Gasteiger partial charge in [0.15, 0.2) is 0 Å². The molecule has 0 unspecified atom stereocenters. The van der Waals surface area contributed by atoms with E-state index in [2.05, 4.69) is 20.1 Å². The molecule has 0 aliphatic carbocycles. The molecule has 0 saturated heterocycles. The zero-order valence-electron chi connectivity index (χ0n) is 11.1. The summed E-state index contributed by atoms with van der Waals surface area (Å²) in [5, 5.41) is 4.58. The van der Waals surface area contributed by atoms with Crippen LogP contribution in [0.3, 0.4) is 0 Å². The molecule has 0 bridgehead atoms. The lowest BCUT2D eigenvalue weighted by Crippen LogP contribution is -1.95. The van der Waals surface area contributed by atoms with Crippen molar-refractivity contribution in [1.82, 2.24) is 24.7 Å². The summed E-state index contributed by atoms with van der Waals surface area (Å²) in [5.41, 5.74) is 9.14. The van der Waals surface area contributed by atoms with Gasteiger partial charge in [-0.1, -0.05) is 0 Å². The highest BCUT2D eigenvalue weighted by Gasteiger charge is 2.14. The van der Waals surface area contributed by atoms with Gasteiger partial charge in [-0.2, -0.15) is 5.10 Å². The number of rotatable bonds is 3. The minimum atomic E-state index is 0.254. The third-order valence-electron chi connectivity index (χ3n) is 2.97. The monoisotopic (exact) mass is 266 g/mol. The number of hydrogen-bond acceptors (Lipinski definition) is 5. The molecule has 6 nitrogen and oxygen atoms in total. The molecule has 0 aromatic carbocycles. The Bertz CT molecular complexity index is 720. The van der Waals surface area contributed by atoms with E-state index in [4.69, 9.17) is 5.73 Å². The van der Waals surface area contributed by atoms with E-state index in [0.29, 0.717) is 0 Å². The highest BCUT2D eigenvalue weighted by molar-refractivity contribution is 5.78. The molecule has 0 amide bonds. The van der Waals surface area contributed by atoms with Crippen molar-refractivity contribution in [1.29, 1.82) is 0 Å². The standard InChI is InChI=1S/C14H14N6/c1-2-20-9-11(12-5-7-17-14(15)18-12)13(19-20)10-4-3-6-16-8-10/h3-9H,2H2,1H3,(H2,15,17,18). The van der Waals surface area contributed by atoms with Gasteiger partial charge < -0.3 is 5.73 Å². The second-order valence-corrected chi connectivity index (χ2v) is 4.29. The second kappa shape index (κ2) is 5.08. The van der Waals surface area contributed by atoms with Crippen molar-refractivity contribution in [2.45, 2.75) is 13.5 Å². The van der Waals surface area contributed by atoms with Gasteiger partial charge in [-0.05, 0) is 25.1 Å². The molecule has 0 aliphatic rings. The van der Waals surface area contributed by atoms with Crippen LogP contribution in [-0.2, 0) is 6.54 Å². The number of aromatic nitrogens is 5. The molecule has 0 saturated carbocycles. The van der Waals surface area contributed by atoms with Crippen LogP contribution in [0.5, 0.6) is 0 Å². The van der Waals surface area contributed by atoms with Crippen LogP contribution in [0.4, 0.5) is 5.95 Å². The third-order valence-corrected chi connectivity index (χ3v) is 2.97. The van der Waals surface area contributed by atoms with Crippen LogP contribution < -0.4 is 5.73 Å². The fourth-order valence-electron chi connectivity index (χ4n) is 2.01. The summed E-state index contributed by atoms with van der Waals surface area (Å²) in [7, 11) is 0. The summed E-state index contributed by atoms with van der Waals surface area (Å²) >= 11 is 0. The molecule has 0 aliphatic heterocycles. The Labute approximate surface area is 116 Å². The Morgan fingerprint density at radius 3 is 2.85 bits per heavy atom. The van der Waals surface area contributed by atoms with Crippen LogP contribution in [0.2, 0.25) is 0 Å². The van der Waals surface area contributed by atoms with Gasteiger partial charge in [0.05, 0.1) is 5.69 Å². The lowest BCUT2D eigenvalue weighted by atomic mass is 10.1. The Morgan fingerprint density at radius 2 is 2.15 bits per heavy atom. The van der Waals surface area contributed by atoms with E-state index < -0.39 is 0 Å². The van der Waals surface area contributed by atoms with Crippen LogP contribution >= 0.6 is 0 Å². The molecule has 0 atom stereocenters. The highest BCUT2D eigenvalue weighted by Crippen LogP contribution is 2.29. The van der Waals surface area contributed by atoms with Crippen LogP contribution in [-0.4, -0.2) is 24.7 Å². The maximum atomic E-state index is 5.66. The Morgan fingerprint density at radius 1 is 1.25 bits per heavy atom. The molecule has 3 aromatic rings. The Balaban J connectivity index is 2.18. The quantitative estimate of drug-likeness (QED) is 0.784. The summed E-state index contributed by atoms with van der Waals surface area (Å²) < 4.78 is 1.87. The number of hydrogen-bond donors (Lipinski definition) is 1. The van der Waals surface area contributed by atoms with E-state index in [1.165, 1.54) is 0 Å². The van der Waals surface area contributed by atoms with Crippen LogP contribution in [0.1, 0.15) is 6.92 Å². The number of anilines is 1. The number of nitrogens with zero attached hydrogens (tertiary/aromatic N) is 5. The second-order valence-electron chi connectivity index (χ2n) is 4.29. The molecule has 0 fully saturated rings. The molecule has 100 valence electrons. The lowest BCUT2D eigenvalue weighted by Gasteiger charge is -2.01. The van der Waals surface area contributed by atoms with Crippen molar-refractivity contribution >= 4 is 5.95 Å². The minimum Gasteiger partial charge on any atom is -0.368 e. The van der Waals surface area contributed by atoms with Crippen LogP contribution in [0, 0.1) is 0 Å². The normalized spacial score (nSPS) is 10.7. The lowest BCUT2D eigenvalue weighted by molar-refractivity contribution is 0.662. The van der Waals surface area contributed by atoms with Gasteiger partial charge in [0, 0.05) is 42.5 Å². The van der Waals surface area contributed by atoms with Crippen molar-refractivity contribution in [3.05, 3.63) is 43.0 Å². The number of nitrogens with two attached hydrogens (primary N) is 1. The first-order chi connectivity index (χ1) is 9.78. The Hall–Kier alpha value is -2.76. The average molecular weight is 266 g/mol. The van der Waals surface area contributed by atoms with Gasteiger partial charge >= 0.3 is 0 Å². The first-order valence-corrected chi connectivity index (χ1v) is 6.34. The van der Waals surface area contributed by atoms with Crippen molar-refractivity contribution in [3.63, 3.8) is 0 Å². The molecule has 2 N–H and O–H groups in total. The number of nitrogen functional groups attached to an aromatic ring is 1. The minimum absolute atomic E-state index is 0.254. The van der Waals surface area contributed by atoms with Crippen LogP contribution in [0.15, 0.2) is 43.0 Å². The SMILES string of the molecule is CCn1cc(-c2ccnc(N)n2)c(-c2cccnc2)n1. The molecule has 0 spiro atoms. The fourth-order valence-corrected chi connectivity index (χ4v) is 2.01. The third kappa shape index (κ3) is 2.23. The average Bonchev–Trinajstić information content (AvgIpc) is 2.92. The molecular weight excluding hydrogens is 252 g/mol. The predicted octanol–water partition coefficient (Wildman–Crippen LogP) is 2.00. The molecule has 3 rings (SSSR count). The smallest absolute Gasteiger partial charge is 0.220 e. The summed E-state index contributed by atoms with van der Waals surface area (Å²) in [6.45, 7) is 2.83. The first kappa shape index (κ1) is 12.3. The van der Waals surface area contributed by atoms with E-state index in [1.807, 2.05) is 36.0 Å². The first-order valence-electron chi connectivity index (χ1n) is 6.34. The van der Waals surface area contributed by atoms with Gasteiger partial charge in [0.2, 0.25) is 5.95 Å².